The van der Waals surface area contributed by atoms with E-state index in [1.54, 1.807) is 0 Å². The van der Waals surface area contributed by atoms with Crippen LogP contribution in [-0.4, -0.2) is 42.6 Å². The van der Waals surface area contributed by atoms with Gasteiger partial charge in [-0.25, -0.2) is 13.4 Å². The van der Waals surface area contributed by atoms with Gasteiger partial charge in [0, 0.05) is 23.9 Å². The van der Waals surface area contributed by atoms with Gasteiger partial charge >= 0.3 is 0 Å². The molecule has 2 aliphatic heterocycles. The third-order valence-corrected chi connectivity index (χ3v) is 6.09. The summed E-state index contributed by atoms with van der Waals surface area (Å²) in [6, 6.07) is 0.316. The summed E-state index contributed by atoms with van der Waals surface area (Å²) < 4.78 is 25.3. The normalized spacial score (nSPS) is 25.5. The molecule has 0 amide bonds. The van der Waals surface area contributed by atoms with Gasteiger partial charge < -0.3 is 9.88 Å². The van der Waals surface area contributed by atoms with Crippen molar-refractivity contribution >= 4 is 9.84 Å². The van der Waals surface area contributed by atoms with Crippen LogP contribution in [0.5, 0.6) is 0 Å². The molecule has 2 saturated heterocycles. The average molecular weight is 283 g/mol. The van der Waals surface area contributed by atoms with Crippen LogP contribution in [-0.2, 0) is 9.84 Å². The minimum atomic E-state index is -2.79. The highest BCUT2D eigenvalue weighted by Crippen LogP contribution is 2.31. The molecule has 2 aliphatic rings. The molecule has 3 rings (SSSR count). The van der Waals surface area contributed by atoms with Gasteiger partial charge in [-0.3, -0.25) is 0 Å². The van der Waals surface area contributed by atoms with E-state index in [4.69, 9.17) is 0 Å². The molecule has 19 heavy (non-hydrogen) atoms. The molecule has 0 radical (unpaired) electrons. The standard InChI is InChI=1S/C13H21N3O2S/c17-19(18)7-3-12(4-8-19)16-10-15-9-13(16)11-1-5-14-6-2-11/h9-12,14H,1-8H2. The first-order valence-corrected chi connectivity index (χ1v) is 8.91. The van der Waals surface area contributed by atoms with E-state index in [0.29, 0.717) is 23.5 Å². The Balaban J connectivity index is 1.76. The SMILES string of the molecule is O=S1(=O)CCC(n2cncc2C2CCNCC2)CC1. The first kappa shape index (κ1) is 13.1. The van der Waals surface area contributed by atoms with E-state index in [9.17, 15) is 8.42 Å². The quantitative estimate of drug-likeness (QED) is 0.883. The second-order valence-electron chi connectivity index (χ2n) is 5.63. The number of hydrogen-bond donors (Lipinski definition) is 1. The number of sulfone groups is 1. The molecule has 0 aliphatic carbocycles. The molecular formula is C13H21N3O2S. The van der Waals surface area contributed by atoms with Crippen molar-refractivity contribution in [2.45, 2.75) is 37.6 Å². The number of hydrogen-bond acceptors (Lipinski definition) is 4. The molecule has 6 heteroatoms. The van der Waals surface area contributed by atoms with E-state index >= 15 is 0 Å². The number of piperidine rings is 1. The third kappa shape index (κ3) is 2.84. The molecule has 1 aromatic rings. The molecule has 1 aromatic heterocycles. The van der Waals surface area contributed by atoms with Gasteiger partial charge in [-0.05, 0) is 38.8 Å². The van der Waals surface area contributed by atoms with Crippen LogP contribution < -0.4 is 5.32 Å². The molecule has 106 valence electrons. The molecule has 0 spiro atoms. The number of aromatic nitrogens is 2. The maximum absolute atomic E-state index is 11.5. The van der Waals surface area contributed by atoms with Crippen LogP contribution in [0.2, 0.25) is 0 Å². The predicted octanol–water partition coefficient (Wildman–Crippen LogP) is 1.10. The minimum absolute atomic E-state index is 0.316. The molecule has 0 unspecified atom stereocenters. The van der Waals surface area contributed by atoms with Crippen molar-refractivity contribution in [2.24, 2.45) is 0 Å². The zero-order valence-electron chi connectivity index (χ0n) is 11.1. The molecule has 0 atom stereocenters. The monoisotopic (exact) mass is 283 g/mol. The van der Waals surface area contributed by atoms with Gasteiger partial charge in [0.15, 0.2) is 0 Å². The van der Waals surface area contributed by atoms with Gasteiger partial charge in [0.1, 0.15) is 9.84 Å². The van der Waals surface area contributed by atoms with Crippen molar-refractivity contribution < 1.29 is 8.42 Å². The molecule has 0 bridgehead atoms. The van der Waals surface area contributed by atoms with E-state index in [2.05, 4.69) is 14.9 Å². The molecule has 0 aromatic carbocycles. The summed E-state index contributed by atoms with van der Waals surface area (Å²) in [6.07, 6.45) is 7.62. The second kappa shape index (κ2) is 5.25. The maximum atomic E-state index is 11.5. The Morgan fingerprint density at radius 3 is 2.53 bits per heavy atom. The zero-order valence-corrected chi connectivity index (χ0v) is 11.9. The van der Waals surface area contributed by atoms with Gasteiger partial charge in [-0.1, -0.05) is 0 Å². The first-order valence-electron chi connectivity index (χ1n) is 7.08. The maximum Gasteiger partial charge on any atom is 0.150 e. The fourth-order valence-electron chi connectivity index (χ4n) is 3.21. The Labute approximate surface area is 114 Å². The van der Waals surface area contributed by atoms with Crippen molar-refractivity contribution in [2.75, 3.05) is 24.6 Å². The summed E-state index contributed by atoms with van der Waals surface area (Å²) in [5, 5.41) is 3.38. The van der Waals surface area contributed by atoms with E-state index < -0.39 is 9.84 Å². The van der Waals surface area contributed by atoms with Crippen LogP contribution >= 0.6 is 0 Å². The topological polar surface area (TPSA) is 64.0 Å². The smallest absolute Gasteiger partial charge is 0.150 e. The van der Waals surface area contributed by atoms with Crippen LogP contribution in [0, 0.1) is 0 Å². The van der Waals surface area contributed by atoms with Crippen molar-refractivity contribution in [3.05, 3.63) is 18.2 Å². The third-order valence-electron chi connectivity index (χ3n) is 4.37. The number of imidazole rings is 1. The highest BCUT2D eigenvalue weighted by molar-refractivity contribution is 7.91. The van der Waals surface area contributed by atoms with Gasteiger partial charge in [0.2, 0.25) is 0 Å². The van der Waals surface area contributed by atoms with E-state index in [0.717, 1.165) is 38.8 Å². The Bertz CT molecular complexity index is 518. The molecule has 3 heterocycles. The van der Waals surface area contributed by atoms with Gasteiger partial charge in [-0.15, -0.1) is 0 Å². The first-order chi connectivity index (χ1) is 9.16. The number of nitrogens with zero attached hydrogens (tertiary/aromatic N) is 2. The molecule has 2 fully saturated rings. The van der Waals surface area contributed by atoms with Crippen molar-refractivity contribution in [3.8, 4) is 0 Å². The van der Waals surface area contributed by atoms with Gasteiger partial charge in [-0.2, -0.15) is 0 Å². The van der Waals surface area contributed by atoms with Crippen LogP contribution in [0.3, 0.4) is 0 Å². The van der Waals surface area contributed by atoms with E-state index in [-0.39, 0.29) is 0 Å². The number of rotatable bonds is 2. The summed E-state index contributed by atoms with van der Waals surface area (Å²) in [7, 11) is -2.79. The molecule has 5 nitrogen and oxygen atoms in total. The van der Waals surface area contributed by atoms with Crippen molar-refractivity contribution in [1.82, 2.24) is 14.9 Å². The summed E-state index contributed by atoms with van der Waals surface area (Å²) in [5.41, 5.74) is 1.30. The summed E-state index contributed by atoms with van der Waals surface area (Å²) in [4.78, 5) is 4.30. The van der Waals surface area contributed by atoms with Crippen molar-refractivity contribution in [1.29, 1.82) is 0 Å². The molecule has 1 N–H and O–H groups in total. The second-order valence-corrected chi connectivity index (χ2v) is 7.94. The van der Waals surface area contributed by atoms with Crippen LogP contribution in [0.15, 0.2) is 12.5 Å². The lowest BCUT2D eigenvalue weighted by atomic mass is 9.94. The Hall–Kier alpha value is -0.880. The summed E-state index contributed by atoms with van der Waals surface area (Å²) >= 11 is 0. The predicted molar refractivity (Wildman–Crippen MR) is 74.0 cm³/mol. The minimum Gasteiger partial charge on any atom is -0.331 e. The Morgan fingerprint density at radius 1 is 1.16 bits per heavy atom. The lowest BCUT2D eigenvalue weighted by Gasteiger charge is -2.29. The Kier molecular flexibility index (Phi) is 3.62. The fourth-order valence-corrected chi connectivity index (χ4v) is 4.68. The number of nitrogens with one attached hydrogen (secondary N) is 1. The van der Waals surface area contributed by atoms with Crippen LogP contribution in [0.1, 0.15) is 43.3 Å². The van der Waals surface area contributed by atoms with Crippen molar-refractivity contribution in [3.63, 3.8) is 0 Å². The molecule has 0 saturated carbocycles. The van der Waals surface area contributed by atoms with Crippen LogP contribution in [0.25, 0.3) is 0 Å². The zero-order chi connectivity index (χ0) is 13.3. The largest absolute Gasteiger partial charge is 0.331 e. The van der Waals surface area contributed by atoms with Gasteiger partial charge in [0.05, 0.1) is 17.8 Å². The lowest BCUT2D eigenvalue weighted by molar-refractivity contribution is 0.395. The molecular weight excluding hydrogens is 262 g/mol. The van der Waals surface area contributed by atoms with E-state index in [1.165, 1.54) is 5.69 Å². The summed E-state index contributed by atoms with van der Waals surface area (Å²) in [6.45, 7) is 2.13. The van der Waals surface area contributed by atoms with Crippen LogP contribution in [0.4, 0.5) is 0 Å². The average Bonchev–Trinajstić information content (AvgIpc) is 2.89. The summed E-state index contributed by atoms with van der Waals surface area (Å²) in [5.74, 6) is 1.21. The highest BCUT2D eigenvalue weighted by atomic mass is 32.2. The highest BCUT2D eigenvalue weighted by Gasteiger charge is 2.27. The van der Waals surface area contributed by atoms with E-state index in [1.807, 2.05) is 12.5 Å². The fraction of sp³-hybridized carbons (Fsp3) is 0.769. The van der Waals surface area contributed by atoms with Gasteiger partial charge in [0.25, 0.3) is 0 Å². The lowest BCUT2D eigenvalue weighted by Crippen LogP contribution is -2.30. The Morgan fingerprint density at radius 2 is 1.84 bits per heavy atom.